The molecule has 0 unspecified atom stereocenters. The Kier molecular flexibility index (Phi) is 5.76. The van der Waals surface area contributed by atoms with Crippen LogP contribution in [0.1, 0.15) is 22.3 Å². The lowest BCUT2D eigenvalue weighted by molar-refractivity contribution is 0.667. The number of anilines is 3. The summed E-state index contributed by atoms with van der Waals surface area (Å²) in [5, 5.41) is 2.27. The average molecular weight is 576 g/mol. The van der Waals surface area contributed by atoms with E-state index in [0.717, 1.165) is 39.0 Å². The van der Waals surface area contributed by atoms with Crippen LogP contribution in [0.4, 0.5) is 17.1 Å². The third-order valence-electron chi connectivity index (χ3n) is 9.31. The topological polar surface area (TPSA) is 16.4 Å². The molecule has 1 aliphatic rings. The molecule has 212 valence electrons. The third-order valence-corrected chi connectivity index (χ3v) is 9.31. The van der Waals surface area contributed by atoms with Gasteiger partial charge in [-0.3, -0.25) is 0 Å². The molecule has 8 aromatic rings. The predicted molar refractivity (Wildman–Crippen MR) is 186 cm³/mol. The van der Waals surface area contributed by atoms with Gasteiger partial charge < -0.3 is 9.32 Å². The monoisotopic (exact) mass is 575 g/mol. The molecule has 0 radical (unpaired) electrons. The van der Waals surface area contributed by atoms with Crippen LogP contribution in [-0.2, 0) is 5.41 Å². The Morgan fingerprint density at radius 3 is 1.53 bits per heavy atom. The summed E-state index contributed by atoms with van der Waals surface area (Å²) in [7, 11) is 0. The lowest BCUT2D eigenvalue weighted by atomic mass is 9.66. The van der Waals surface area contributed by atoms with Crippen molar-refractivity contribution in [2.75, 3.05) is 4.90 Å². The van der Waals surface area contributed by atoms with Crippen LogP contribution < -0.4 is 4.90 Å². The second kappa shape index (κ2) is 10.1. The summed E-state index contributed by atoms with van der Waals surface area (Å²) >= 11 is 0. The largest absolute Gasteiger partial charge is 0.456 e. The molecule has 2 heteroatoms. The highest BCUT2D eigenvalue weighted by Crippen LogP contribution is 2.58. The molecule has 0 atom stereocenters. The average Bonchev–Trinajstić information content (AvgIpc) is 3.64. The Morgan fingerprint density at radius 1 is 0.400 bits per heavy atom. The SMILES string of the molecule is c1ccc(N(c2ccccc2)c2cc(C3(c4ccccc4)c4ccccc4-c4ccccc43)c3c(c2)oc2ccccc23)cc1. The van der Waals surface area contributed by atoms with E-state index in [1.165, 1.54) is 33.4 Å². The summed E-state index contributed by atoms with van der Waals surface area (Å²) in [6, 6.07) is 63.1. The summed E-state index contributed by atoms with van der Waals surface area (Å²) in [4.78, 5) is 2.33. The van der Waals surface area contributed by atoms with E-state index in [2.05, 4.69) is 181 Å². The molecule has 9 rings (SSSR count). The molecule has 2 nitrogen and oxygen atoms in total. The van der Waals surface area contributed by atoms with E-state index in [1.807, 2.05) is 0 Å². The van der Waals surface area contributed by atoms with Gasteiger partial charge >= 0.3 is 0 Å². The van der Waals surface area contributed by atoms with E-state index in [1.54, 1.807) is 0 Å². The number of hydrogen-bond acceptors (Lipinski definition) is 2. The number of furan rings is 1. The number of para-hydroxylation sites is 3. The summed E-state index contributed by atoms with van der Waals surface area (Å²) in [5.74, 6) is 0. The van der Waals surface area contributed by atoms with Crippen LogP contribution >= 0.6 is 0 Å². The number of benzene rings is 7. The molecule has 1 aliphatic carbocycles. The highest BCUT2D eigenvalue weighted by molar-refractivity contribution is 6.10. The van der Waals surface area contributed by atoms with Crippen molar-refractivity contribution in [3.63, 3.8) is 0 Å². The van der Waals surface area contributed by atoms with Crippen LogP contribution in [0.25, 0.3) is 33.1 Å². The van der Waals surface area contributed by atoms with Crippen LogP contribution in [0, 0.1) is 0 Å². The van der Waals surface area contributed by atoms with Crippen molar-refractivity contribution >= 4 is 39.0 Å². The van der Waals surface area contributed by atoms with Crippen LogP contribution in [0.5, 0.6) is 0 Å². The summed E-state index contributed by atoms with van der Waals surface area (Å²) in [5.41, 5.74) is 12.0. The zero-order chi connectivity index (χ0) is 29.8. The van der Waals surface area contributed by atoms with Crippen LogP contribution in [-0.4, -0.2) is 0 Å². The molecular weight excluding hydrogens is 546 g/mol. The van der Waals surface area contributed by atoms with Gasteiger partial charge in [-0.15, -0.1) is 0 Å². The zero-order valence-electron chi connectivity index (χ0n) is 24.6. The molecule has 1 aromatic heterocycles. The molecule has 0 bridgehead atoms. The lowest BCUT2D eigenvalue weighted by Gasteiger charge is -2.35. The molecule has 0 amide bonds. The Balaban J connectivity index is 1.48. The number of fused-ring (bicyclic) bond motifs is 6. The Bertz CT molecular complexity index is 2240. The van der Waals surface area contributed by atoms with Gasteiger partial charge in [0.25, 0.3) is 0 Å². The van der Waals surface area contributed by atoms with E-state index < -0.39 is 5.41 Å². The third kappa shape index (κ3) is 3.76. The van der Waals surface area contributed by atoms with E-state index in [4.69, 9.17) is 4.42 Å². The van der Waals surface area contributed by atoms with Crippen LogP contribution in [0.2, 0.25) is 0 Å². The standard InChI is InChI=1S/C43H29NO/c1-4-16-30(17-5-1)43(37-25-13-10-22-34(37)35-23-11-14-26-38(35)43)39-28-33(29-41-42(39)36-24-12-15-27-40(36)45-41)44(31-18-6-2-7-19-31)32-20-8-3-9-21-32/h1-29H. The summed E-state index contributed by atoms with van der Waals surface area (Å²) in [6.07, 6.45) is 0. The summed E-state index contributed by atoms with van der Waals surface area (Å²) < 4.78 is 6.75. The molecule has 7 aromatic carbocycles. The first-order chi connectivity index (χ1) is 22.3. The van der Waals surface area contributed by atoms with Crippen molar-refractivity contribution in [3.05, 3.63) is 198 Å². The second-order valence-corrected chi connectivity index (χ2v) is 11.7. The van der Waals surface area contributed by atoms with Gasteiger partial charge in [0.05, 0.1) is 11.1 Å². The molecule has 0 saturated carbocycles. The Labute approximate surface area is 262 Å². The Hall–Kier alpha value is -5.86. The van der Waals surface area contributed by atoms with E-state index in [-0.39, 0.29) is 0 Å². The minimum Gasteiger partial charge on any atom is -0.456 e. The maximum Gasteiger partial charge on any atom is 0.137 e. The van der Waals surface area contributed by atoms with Crippen molar-refractivity contribution in [1.82, 2.24) is 0 Å². The van der Waals surface area contributed by atoms with Gasteiger partial charge in [0.15, 0.2) is 0 Å². The smallest absolute Gasteiger partial charge is 0.137 e. The van der Waals surface area contributed by atoms with Gasteiger partial charge in [0.1, 0.15) is 11.2 Å². The van der Waals surface area contributed by atoms with E-state index in [0.29, 0.717) is 0 Å². The van der Waals surface area contributed by atoms with Crippen molar-refractivity contribution in [3.8, 4) is 11.1 Å². The minimum atomic E-state index is -0.575. The lowest BCUT2D eigenvalue weighted by Crippen LogP contribution is -2.29. The van der Waals surface area contributed by atoms with Crippen molar-refractivity contribution < 1.29 is 4.42 Å². The van der Waals surface area contributed by atoms with Gasteiger partial charge in [-0.2, -0.15) is 0 Å². The van der Waals surface area contributed by atoms with E-state index in [9.17, 15) is 0 Å². The molecule has 45 heavy (non-hydrogen) atoms. The fourth-order valence-electron chi connectivity index (χ4n) is 7.55. The first-order valence-electron chi connectivity index (χ1n) is 15.4. The fourth-order valence-corrected chi connectivity index (χ4v) is 7.55. The fraction of sp³-hybridized carbons (Fsp3) is 0.0233. The predicted octanol–water partition coefficient (Wildman–Crippen LogP) is 11.4. The second-order valence-electron chi connectivity index (χ2n) is 11.7. The van der Waals surface area contributed by atoms with Crippen molar-refractivity contribution in [2.45, 2.75) is 5.41 Å². The van der Waals surface area contributed by atoms with Gasteiger partial charge in [0.2, 0.25) is 0 Å². The zero-order valence-corrected chi connectivity index (χ0v) is 24.6. The first-order valence-corrected chi connectivity index (χ1v) is 15.4. The van der Waals surface area contributed by atoms with Crippen LogP contribution in [0.3, 0.4) is 0 Å². The number of hydrogen-bond donors (Lipinski definition) is 0. The van der Waals surface area contributed by atoms with Crippen LogP contribution in [0.15, 0.2) is 180 Å². The normalized spacial score (nSPS) is 13.1. The highest BCUT2D eigenvalue weighted by atomic mass is 16.3. The molecule has 0 fully saturated rings. The van der Waals surface area contributed by atoms with Gasteiger partial charge in [-0.25, -0.2) is 0 Å². The minimum absolute atomic E-state index is 0.575. The quantitative estimate of drug-likeness (QED) is 0.203. The molecule has 0 spiro atoms. The summed E-state index contributed by atoms with van der Waals surface area (Å²) in [6.45, 7) is 0. The molecule has 0 aliphatic heterocycles. The van der Waals surface area contributed by atoms with E-state index >= 15 is 0 Å². The molecule has 0 saturated heterocycles. The Morgan fingerprint density at radius 2 is 0.911 bits per heavy atom. The van der Waals surface area contributed by atoms with Gasteiger partial charge in [0, 0.05) is 28.2 Å². The maximum absolute atomic E-state index is 6.75. The molecular formula is C43H29NO. The number of nitrogens with zero attached hydrogens (tertiary/aromatic N) is 1. The van der Waals surface area contributed by atoms with Crippen molar-refractivity contribution in [2.24, 2.45) is 0 Å². The first kappa shape index (κ1) is 25.6. The molecule has 1 heterocycles. The highest BCUT2D eigenvalue weighted by Gasteiger charge is 2.47. The van der Waals surface area contributed by atoms with Gasteiger partial charge in [-0.05, 0) is 69.8 Å². The number of rotatable bonds is 5. The molecule has 0 N–H and O–H groups in total. The van der Waals surface area contributed by atoms with Crippen molar-refractivity contribution in [1.29, 1.82) is 0 Å². The maximum atomic E-state index is 6.75. The van der Waals surface area contributed by atoms with Gasteiger partial charge in [-0.1, -0.05) is 133 Å².